The van der Waals surface area contributed by atoms with Gasteiger partial charge < -0.3 is 10.1 Å². The summed E-state index contributed by atoms with van der Waals surface area (Å²) in [6.45, 7) is 4.38. The van der Waals surface area contributed by atoms with Crippen molar-refractivity contribution in [2.45, 2.75) is 39.5 Å². The Morgan fingerprint density at radius 2 is 1.87 bits per heavy atom. The fourth-order valence-electron chi connectivity index (χ4n) is 2.71. The molecule has 1 aliphatic rings. The number of hydrogen-bond acceptors (Lipinski definition) is 6. The summed E-state index contributed by atoms with van der Waals surface area (Å²) < 4.78 is 4.81. The third-order valence-corrected chi connectivity index (χ3v) is 4.36. The van der Waals surface area contributed by atoms with Crippen molar-refractivity contribution in [2.75, 3.05) is 19.7 Å². The van der Waals surface area contributed by atoms with Gasteiger partial charge in [-0.05, 0) is 17.9 Å². The van der Waals surface area contributed by atoms with E-state index in [0.29, 0.717) is 25.4 Å². The molecule has 0 aromatic heterocycles. The van der Waals surface area contributed by atoms with Gasteiger partial charge in [-0.1, -0.05) is 44.2 Å². The summed E-state index contributed by atoms with van der Waals surface area (Å²) in [6.07, 6.45) is 1.21. The fraction of sp³-hybridized carbons (Fsp3) is 0.476. The Labute approximate surface area is 175 Å². The number of nitrogens with one attached hydrogen (secondary N) is 2. The van der Waals surface area contributed by atoms with Crippen LogP contribution in [0.1, 0.15) is 45.1 Å². The maximum absolute atomic E-state index is 12.2. The van der Waals surface area contributed by atoms with Crippen LogP contribution in [0.15, 0.2) is 35.4 Å². The smallest absolute Gasteiger partial charge is 0.321 e. The number of carbonyl (C=O) groups is 4. The van der Waals surface area contributed by atoms with Crippen LogP contribution in [0.2, 0.25) is 0 Å². The standard InChI is InChI=1S/C21H28N4O5/c1-15(2)10-12-22-21(29)23-18(26)14-30-20(28)9-8-19(27)25-13-11-17(24-25)16-6-4-3-5-7-16/h3-7,15H,8-14H2,1-2H3,(H2,22,23,26,29). The van der Waals surface area contributed by atoms with Gasteiger partial charge >= 0.3 is 12.0 Å². The number of hydrazone groups is 1. The van der Waals surface area contributed by atoms with E-state index < -0.39 is 24.5 Å². The second-order valence-electron chi connectivity index (χ2n) is 7.33. The van der Waals surface area contributed by atoms with Gasteiger partial charge in [0, 0.05) is 19.4 Å². The number of benzene rings is 1. The Bertz CT molecular complexity index is 792. The van der Waals surface area contributed by atoms with Crippen molar-refractivity contribution >= 4 is 29.5 Å². The molecule has 9 heteroatoms. The highest BCUT2D eigenvalue weighted by Crippen LogP contribution is 2.15. The summed E-state index contributed by atoms with van der Waals surface area (Å²) in [7, 11) is 0. The topological polar surface area (TPSA) is 117 Å². The molecule has 0 saturated heterocycles. The Morgan fingerprint density at radius 3 is 2.57 bits per heavy atom. The van der Waals surface area contributed by atoms with Crippen LogP contribution in [-0.2, 0) is 19.1 Å². The van der Waals surface area contributed by atoms with E-state index in [9.17, 15) is 19.2 Å². The van der Waals surface area contributed by atoms with Gasteiger partial charge in [0.15, 0.2) is 6.61 Å². The maximum atomic E-state index is 12.2. The largest absolute Gasteiger partial charge is 0.456 e. The van der Waals surface area contributed by atoms with Crippen LogP contribution in [0.3, 0.4) is 0 Å². The molecule has 0 bridgehead atoms. The molecular formula is C21H28N4O5. The highest BCUT2D eigenvalue weighted by atomic mass is 16.5. The summed E-state index contributed by atoms with van der Waals surface area (Å²) in [4.78, 5) is 47.2. The zero-order valence-electron chi connectivity index (χ0n) is 17.3. The monoisotopic (exact) mass is 416 g/mol. The minimum Gasteiger partial charge on any atom is -0.456 e. The Balaban J connectivity index is 1.65. The van der Waals surface area contributed by atoms with E-state index >= 15 is 0 Å². The SMILES string of the molecule is CC(C)CCNC(=O)NC(=O)COC(=O)CCC(=O)N1CCC(c2ccccc2)=N1. The van der Waals surface area contributed by atoms with Crippen molar-refractivity contribution in [3.63, 3.8) is 0 Å². The molecule has 0 spiro atoms. The lowest BCUT2D eigenvalue weighted by molar-refractivity contribution is -0.149. The Kier molecular flexibility index (Phi) is 8.99. The van der Waals surface area contributed by atoms with Gasteiger partial charge in [0.1, 0.15) is 0 Å². The first-order valence-electron chi connectivity index (χ1n) is 10.0. The molecule has 9 nitrogen and oxygen atoms in total. The van der Waals surface area contributed by atoms with Crippen LogP contribution in [0.25, 0.3) is 0 Å². The summed E-state index contributed by atoms with van der Waals surface area (Å²) >= 11 is 0. The zero-order valence-corrected chi connectivity index (χ0v) is 17.3. The molecular weight excluding hydrogens is 388 g/mol. The van der Waals surface area contributed by atoms with Crippen LogP contribution in [0.5, 0.6) is 0 Å². The molecule has 1 heterocycles. The molecule has 1 aliphatic heterocycles. The highest BCUT2D eigenvalue weighted by molar-refractivity contribution is 6.02. The van der Waals surface area contributed by atoms with Crippen LogP contribution < -0.4 is 10.6 Å². The molecule has 1 aromatic carbocycles. The lowest BCUT2D eigenvalue weighted by atomic mass is 10.1. The molecule has 0 saturated carbocycles. The number of esters is 1. The van der Waals surface area contributed by atoms with Gasteiger partial charge in [-0.15, -0.1) is 0 Å². The summed E-state index contributed by atoms with van der Waals surface area (Å²) in [5.41, 5.74) is 1.79. The molecule has 30 heavy (non-hydrogen) atoms. The third-order valence-electron chi connectivity index (χ3n) is 4.36. The molecule has 0 unspecified atom stereocenters. The van der Waals surface area contributed by atoms with E-state index in [-0.39, 0.29) is 18.7 Å². The first kappa shape index (κ1) is 23.1. The zero-order chi connectivity index (χ0) is 21.9. The second-order valence-corrected chi connectivity index (χ2v) is 7.33. The second kappa shape index (κ2) is 11.7. The summed E-state index contributed by atoms with van der Waals surface area (Å²) in [5.74, 6) is -1.27. The molecule has 162 valence electrons. The molecule has 2 N–H and O–H groups in total. The minimum absolute atomic E-state index is 0.0677. The third kappa shape index (κ3) is 8.02. The number of imide groups is 1. The number of nitrogens with zero attached hydrogens (tertiary/aromatic N) is 2. The molecule has 4 amide bonds. The van der Waals surface area contributed by atoms with Gasteiger partial charge in [0.2, 0.25) is 5.91 Å². The predicted molar refractivity (Wildman–Crippen MR) is 110 cm³/mol. The first-order valence-corrected chi connectivity index (χ1v) is 10.0. The molecule has 0 fully saturated rings. The lowest BCUT2D eigenvalue weighted by Crippen LogP contribution is -2.42. The van der Waals surface area contributed by atoms with E-state index in [0.717, 1.165) is 17.7 Å². The number of rotatable bonds is 9. The van der Waals surface area contributed by atoms with Crippen LogP contribution in [0, 0.1) is 5.92 Å². The van der Waals surface area contributed by atoms with E-state index in [2.05, 4.69) is 15.7 Å². The van der Waals surface area contributed by atoms with Gasteiger partial charge in [-0.3, -0.25) is 19.7 Å². The fourth-order valence-corrected chi connectivity index (χ4v) is 2.71. The van der Waals surface area contributed by atoms with Crippen molar-refractivity contribution in [1.29, 1.82) is 0 Å². The quantitative estimate of drug-likeness (QED) is 0.596. The molecule has 0 atom stereocenters. The van der Waals surface area contributed by atoms with Crippen molar-refractivity contribution in [3.05, 3.63) is 35.9 Å². The first-order chi connectivity index (χ1) is 14.3. The summed E-state index contributed by atoms with van der Waals surface area (Å²) in [6, 6.07) is 8.95. The number of carbonyl (C=O) groups excluding carboxylic acids is 4. The van der Waals surface area contributed by atoms with E-state index in [1.807, 2.05) is 44.2 Å². The lowest BCUT2D eigenvalue weighted by Gasteiger charge is -2.11. The Hall–Kier alpha value is -3.23. The molecule has 2 rings (SSSR count). The highest BCUT2D eigenvalue weighted by Gasteiger charge is 2.22. The predicted octanol–water partition coefficient (Wildman–Crippen LogP) is 1.82. The number of hydrogen-bond donors (Lipinski definition) is 2. The number of urea groups is 1. The summed E-state index contributed by atoms with van der Waals surface area (Å²) in [5, 5.41) is 10.3. The van der Waals surface area contributed by atoms with Gasteiger partial charge in [-0.2, -0.15) is 5.10 Å². The van der Waals surface area contributed by atoms with Crippen molar-refractivity contribution in [2.24, 2.45) is 11.0 Å². The minimum atomic E-state index is -0.728. The van der Waals surface area contributed by atoms with Crippen LogP contribution in [0.4, 0.5) is 4.79 Å². The van der Waals surface area contributed by atoms with E-state index in [1.54, 1.807) is 0 Å². The number of ether oxygens (including phenoxy) is 1. The van der Waals surface area contributed by atoms with Gasteiger partial charge in [-0.25, -0.2) is 9.80 Å². The molecule has 1 aromatic rings. The normalized spacial score (nSPS) is 13.0. The Morgan fingerprint density at radius 1 is 1.13 bits per heavy atom. The van der Waals surface area contributed by atoms with Gasteiger partial charge in [0.05, 0.1) is 18.7 Å². The molecule has 0 aliphatic carbocycles. The number of amides is 4. The molecule has 0 radical (unpaired) electrons. The van der Waals surface area contributed by atoms with Crippen molar-refractivity contribution in [1.82, 2.24) is 15.6 Å². The average Bonchev–Trinajstić information content (AvgIpc) is 3.21. The van der Waals surface area contributed by atoms with Crippen molar-refractivity contribution < 1.29 is 23.9 Å². The van der Waals surface area contributed by atoms with Crippen LogP contribution in [-0.4, -0.2) is 54.2 Å². The van der Waals surface area contributed by atoms with E-state index in [4.69, 9.17) is 4.74 Å². The average molecular weight is 416 g/mol. The van der Waals surface area contributed by atoms with Crippen LogP contribution >= 0.6 is 0 Å². The van der Waals surface area contributed by atoms with Gasteiger partial charge in [0.25, 0.3) is 5.91 Å². The van der Waals surface area contributed by atoms with E-state index in [1.165, 1.54) is 5.01 Å². The van der Waals surface area contributed by atoms with Crippen molar-refractivity contribution in [3.8, 4) is 0 Å². The maximum Gasteiger partial charge on any atom is 0.321 e.